The molecule has 0 saturated carbocycles. The first kappa shape index (κ1) is 24.9. The molecule has 0 saturated heterocycles. The summed E-state index contributed by atoms with van der Waals surface area (Å²) < 4.78 is 11.0. The minimum absolute atomic E-state index is 0.283. The average molecular weight is 403 g/mol. The molecule has 0 unspecified atom stereocenters. The van der Waals surface area contributed by atoms with Crippen LogP contribution in [-0.4, -0.2) is 11.9 Å². The number of benzene rings is 1. The predicted molar refractivity (Wildman–Crippen MR) is 118 cm³/mol. The second kappa shape index (κ2) is 15.8. The molecule has 0 fully saturated rings. The van der Waals surface area contributed by atoms with Crippen LogP contribution in [0.2, 0.25) is 0 Å². The number of carbonyl (C=O) groups is 2. The molecule has 0 heterocycles. The lowest BCUT2D eigenvalue weighted by Crippen LogP contribution is -2.12. The van der Waals surface area contributed by atoms with Gasteiger partial charge in [0, 0.05) is 12.8 Å². The van der Waals surface area contributed by atoms with Crippen molar-refractivity contribution in [2.45, 2.75) is 97.3 Å². The first-order valence-electron chi connectivity index (χ1n) is 11.3. The molecule has 0 bridgehead atoms. The molecule has 0 aromatic heterocycles. The number of hydrogen-bond donors (Lipinski definition) is 0. The number of hydrogen-bond acceptors (Lipinski definition) is 4. The first-order chi connectivity index (χ1) is 14.1. The average Bonchev–Trinajstić information content (AvgIpc) is 2.70. The van der Waals surface area contributed by atoms with E-state index in [-0.39, 0.29) is 11.9 Å². The Hall–Kier alpha value is -2.10. The maximum Gasteiger partial charge on any atom is 0.311 e. The van der Waals surface area contributed by atoms with Gasteiger partial charge in [0.05, 0.1) is 0 Å². The van der Waals surface area contributed by atoms with Crippen molar-refractivity contribution in [3.63, 3.8) is 0 Å². The Balaban J connectivity index is 2.63. The summed E-state index contributed by atoms with van der Waals surface area (Å²) in [7, 11) is 0. The second-order valence-electron chi connectivity index (χ2n) is 7.55. The maximum absolute atomic E-state index is 12.2. The third-order valence-corrected chi connectivity index (χ3v) is 4.80. The molecule has 0 aliphatic carbocycles. The standard InChI is InChI=1S/C25H38O4/c1-4-7-9-11-13-16-24(26)28-22-19-18-21(15-6-3)20-23(22)29-25(27)17-14-12-10-8-5-2/h6,18-20H,3-5,7-17H2,1-2H3. The fourth-order valence-electron chi connectivity index (χ4n) is 3.10. The second-order valence-corrected chi connectivity index (χ2v) is 7.55. The largest absolute Gasteiger partial charge is 0.423 e. The molecule has 0 radical (unpaired) electrons. The van der Waals surface area contributed by atoms with Crippen LogP contribution in [0.1, 0.15) is 96.5 Å². The predicted octanol–water partition coefficient (Wildman–Crippen LogP) is 6.95. The molecular weight excluding hydrogens is 364 g/mol. The Bertz CT molecular complexity index is 621. The molecule has 1 aromatic rings. The van der Waals surface area contributed by atoms with Crippen LogP contribution < -0.4 is 9.47 Å². The number of ether oxygens (including phenoxy) is 2. The minimum Gasteiger partial charge on any atom is -0.423 e. The van der Waals surface area contributed by atoms with E-state index in [4.69, 9.17) is 9.47 Å². The third-order valence-electron chi connectivity index (χ3n) is 4.80. The Morgan fingerprint density at radius 1 is 0.793 bits per heavy atom. The van der Waals surface area contributed by atoms with Gasteiger partial charge in [0.2, 0.25) is 0 Å². The van der Waals surface area contributed by atoms with E-state index >= 15 is 0 Å². The molecule has 29 heavy (non-hydrogen) atoms. The zero-order valence-corrected chi connectivity index (χ0v) is 18.3. The van der Waals surface area contributed by atoms with Crippen LogP contribution in [0.25, 0.3) is 0 Å². The van der Waals surface area contributed by atoms with Gasteiger partial charge in [0.25, 0.3) is 0 Å². The van der Waals surface area contributed by atoms with Crippen molar-refractivity contribution in [3.8, 4) is 11.5 Å². The molecule has 0 atom stereocenters. The SMILES string of the molecule is C=CCc1ccc(OC(=O)CCCCCCC)c(OC(=O)CCCCCCC)c1. The summed E-state index contributed by atoms with van der Waals surface area (Å²) in [6.45, 7) is 8.07. The zero-order valence-electron chi connectivity index (χ0n) is 18.3. The van der Waals surface area contributed by atoms with Crippen molar-refractivity contribution in [2.24, 2.45) is 0 Å². The zero-order chi connectivity index (χ0) is 21.3. The van der Waals surface area contributed by atoms with Crippen LogP contribution >= 0.6 is 0 Å². The Labute approximate surface area is 176 Å². The van der Waals surface area contributed by atoms with Crippen molar-refractivity contribution >= 4 is 11.9 Å². The Kier molecular flexibility index (Phi) is 13.6. The fourth-order valence-corrected chi connectivity index (χ4v) is 3.10. The number of carbonyl (C=O) groups excluding carboxylic acids is 2. The van der Waals surface area contributed by atoms with Crippen LogP contribution in [-0.2, 0) is 16.0 Å². The van der Waals surface area contributed by atoms with Gasteiger partial charge in [-0.05, 0) is 37.0 Å². The van der Waals surface area contributed by atoms with Gasteiger partial charge in [-0.25, -0.2) is 0 Å². The minimum atomic E-state index is -0.283. The highest BCUT2D eigenvalue weighted by molar-refractivity contribution is 5.76. The van der Waals surface area contributed by atoms with Crippen LogP contribution in [0, 0.1) is 0 Å². The highest BCUT2D eigenvalue weighted by Crippen LogP contribution is 2.30. The highest BCUT2D eigenvalue weighted by atomic mass is 16.6. The van der Waals surface area contributed by atoms with Crippen molar-refractivity contribution < 1.29 is 19.1 Å². The van der Waals surface area contributed by atoms with Crippen molar-refractivity contribution in [1.29, 1.82) is 0 Å². The van der Waals surface area contributed by atoms with E-state index in [1.165, 1.54) is 25.7 Å². The van der Waals surface area contributed by atoms with Crippen LogP contribution in [0.15, 0.2) is 30.9 Å². The van der Waals surface area contributed by atoms with Crippen LogP contribution in [0.5, 0.6) is 11.5 Å². The summed E-state index contributed by atoms with van der Waals surface area (Å²) in [4.78, 5) is 24.4. The summed E-state index contributed by atoms with van der Waals surface area (Å²) in [5, 5.41) is 0. The summed E-state index contributed by atoms with van der Waals surface area (Å²) in [5.41, 5.74) is 0.963. The van der Waals surface area contributed by atoms with E-state index in [0.717, 1.165) is 44.1 Å². The van der Waals surface area contributed by atoms with Gasteiger partial charge < -0.3 is 9.47 Å². The molecule has 162 valence electrons. The molecule has 1 rings (SSSR count). The molecule has 4 heteroatoms. The summed E-state index contributed by atoms with van der Waals surface area (Å²) in [6.07, 6.45) is 13.9. The quantitative estimate of drug-likeness (QED) is 0.130. The Morgan fingerprint density at radius 3 is 1.83 bits per heavy atom. The summed E-state index contributed by atoms with van der Waals surface area (Å²) in [5.74, 6) is 0.0712. The van der Waals surface area contributed by atoms with Gasteiger partial charge in [-0.3, -0.25) is 9.59 Å². The summed E-state index contributed by atoms with van der Waals surface area (Å²) >= 11 is 0. The van der Waals surface area contributed by atoms with Gasteiger partial charge in [-0.2, -0.15) is 0 Å². The van der Waals surface area contributed by atoms with E-state index in [9.17, 15) is 9.59 Å². The molecule has 0 aliphatic rings. The van der Waals surface area contributed by atoms with Gasteiger partial charge in [-0.15, -0.1) is 6.58 Å². The van der Waals surface area contributed by atoms with Gasteiger partial charge in [-0.1, -0.05) is 77.4 Å². The van der Waals surface area contributed by atoms with Crippen molar-refractivity contribution in [3.05, 3.63) is 36.4 Å². The van der Waals surface area contributed by atoms with Gasteiger partial charge in [0.15, 0.2) is 11.5 Å². The number of esters is 2. The normalized spacial score (nSPS) is 10.6. The van der Waals surface area contributed by atoms with E-state index in [0.29, 0.717) is 30.8 Å². The first-order valence-corrected chi connectivity index (χ1v) is 11.3. The number of unbranched alkanes of at least 4 members (excludes halogenated alkanes) is 8. The summed E-state index contributed by atoms with van der Waals surface area (Å²) in [6, 6.07) is 5.34. The molecular formula is C25H38O4. The fraction of sp³-hybridized carbons (Fsp3) is 0.600. The molecule has 0 amide bonds. The van der Waals surface area contributed by atoms with E-state index in [1.54, 1.807) is 18.2 Å². The Morgan fingerprint density at radius 2 is 1.31 bits per heavy atom. The monoisotopic (exact) mass is 402 g/mol. The van der Waals surface area contributed by atoms with Crippen LogP contribution in [0.4, 0.5) is 0 Å². The number of allylic oxidation sites excluding steroid dienone is 1. The van der Waals surface area contributed by atoms with Crippen LogP contribution in [0.3, 0.4) is 0 Å². The lowest BCUT2D eigenvalue weighted by Gasteiger charge is -2.12. The molecule has 4 nitrogen and oxygen atoms in total. The third kappa shape index (κ3) is 11.5. The maximum atomic E-state index is 12.2. The van der Waals surface area contributed by atoms with E-state index in [2.05, 4.69) is 20.4 Å². The lowest BCUT2D eigenvalue weighted by atomic mass is 10.1. The van der Waals surface area contributed by atoms with Gasteiger partial charge >= 0.3 is 11.9 Å². The molecule has 0 aliphatic heterocycles. The van der Waals surface area contributed by atoms with E-state index < -0.39 is 0 Å². The van der Waals surface area contributed by atoms with Crippen molar-refractivity contribution in [1.82, 2.24) is 0 Å². The topological polar surface area (TPSA) is 52.6 Å². The molecule has 0 N–H and O–H groups in total. The molecule has 0 spiro atoms. The van der Waals surface area contributed by atoms with Gasteiger partial charge in [0.1, 0.15) is 0 Å². The van der Waals surface area contributed by atoms with Crippen molar-refractivity contribution in [2.75, 3.05) is 0 Å². The number of rotatable bonds is 16. The molecule has 1 aromatic carbocycles. The van der Waals surface area contributed by atoms with E-state index in [1.807, 2.05) is 6.07 Å². The smallest absolute Gasteiger partial charge is 0.311 e. The highest BCUT2D eigenvalue weighted by Gasteiger charge is 2.14. The lowest BCUT2D eigenvalue weighted by molar-refractivity contribution is -0.137.